The molecule has 1 aliphatic heterocycles. The van der Waals surface area contributed by atoms with Crippen LogP contribution in [0.4, 0.5) is 105 Å². The fourth-order valence-corrected chi connectivity index (χ4v) is 13.9. The van der Waals surface area contributed by atoms with Crippen LogP contribution in [0.15, 0.2) is 114 Å². The van der Waals surface area contributed by atoms with Crippen molar-refractivity contribution in [3.8, 4) is 0 Å². The third-order valence-electron chi connectivity index (χ3n) is 14.6. The summed E-state index contributed by atoms with van der Waals surface area (Å²) in [7, 11) is -0.542. The van der Waals surface area contributed by atoms with Gasteiger partial charge in [-0.05, 0) is 104 Å². The molecule has 474 valence electrons. The Labute approximate surface area is 483 Å². The molecule has 0 unspecified atom stereocenters. The normalized spacial score (nSPS) is 15.3. The maximum absolute atomic E-state index is 14.2. The van der Waals surface area contributed by atoms with Crippen LogP contribution in [0.5, 0.6) is 0 Å². The molecule has 6 aromatic rings. The van der Waals surface area contributed by atoms with Crippen molar-refractivity contribution in [2.45, 2.75) is 118 Å². The Bertz CT molecular complexity index is 3010. The molecule has 1 aliphatic rings. The lowest BCUT2D eigenvalue weighted by Crippen LogP contribution is -2.75. The predicted molar refractivity (Wildman–Crippen MR) is 283 cm³/mol. The molecule has 0 aliphatic carbocycles. The van der Waals surface area contributed by atoms with Crippen molar-refractivity contribution in [1.82, 2.24) is 0 Å². The molecule has 0 aromatic heterocycles. The smallest absolute Gasteiger partial charge is 0.416 e. The van der Waals surface area contributed by atoms with E-state index in [1.807, 2.05) is 0 Å². The summed E-state index contributed by atoms with van der Waals surface area (Å²) >= 11 is 0. The lowest BCUT2D eigenvalue weighted by atomic mass is 9.12. The number of nitrogens with zero attached hydrogens (tertiary/aromatic N) is 1. The number of hydrogen-bond acceptors (Lipinski definition) is 2. The van der Waals surface area contributed by atoms with E-state index in [9.17, 15) is 105 Å². The van der Waals surface area contributed by atoms with Crippen LogP contribution in [0.25, 0.3) is 0 Å². The van der Waals surface area contributed by atoms with Gasteiger partial charge in [0.2, 0.25) is 0 Å². The maximum Gasteiger partial charge on any atom is 0.416 e. The topological polar surface area (TPSA) is 21.6 Å². The molecular formula is C59H50BF24NOP-. The number of aryl methyl sites for hydroxylation is 4. The van der Waals surface area contributed by atoms with E-state index < -0.39 is 203 Å². The fourth-order valence-electron chi connectivity index (χ4n) is 10.5. The van der Waals surface area contributed by atoms with Gasteiger partial charge in [0, 0.05) is 5.41 Å². The minimum atomic E-state index is -6.13. The van der Waals surface area contributed by atoms with Crippen LogP contribution >= 0.6 is 7.92 Å². The van der Waals surface area contributed by atoms with Crippen molar-refractivity contribution in [2.75, 3.05) is 12.8 Å². The fraction of sp³-hybridized carbons (Fsp3) is 0.373. The predicted octanol–water partition coefficient (Wildman–Crippen LogP) is 17.4. The zero-order chi connectivity index (χ0) is 66.2. The molecule has 0 amide bonds. The van der Waals surface area contributed by atoms with Crippen molar-refractivity contribution in [1.29, 1.82) is 0 Å². The molecule has 6 aromatic carbocycles. The van der Waals surface area contributed by atoms with Crippen LogP contribution < -0.4 is 32.5 Å². The average Bonchev–Trinajstić information content (AvgIpc) is 1.03. The molecule has 0 fully saturated rings. The molecule has 1 atom stereocenters. The van der Waals surface area contributed by atoms with Crippen LogP contribution in [-0.2, 0) is 54.1 Å². The molecule has 2 nitrogen and oxygen atoms in total. The van der Waals surface area contributed by atoms with Crippen LogP contribution in [0.3, 0.4) is 0 Å². The Morgan fingerprint density at radius 2 is 0.598 bits per heavy atom. The van der Waals surface area contributed by atoms with Gasteiger partial charge >= 0.3 is 49.4 Å². The van der Waals surface area contributed by atoms with Gasteiger partial charge < -0.3 is 4.74 Å². The lowest BCUT2D eigenvalue weighted by Gasteiger charge is -2.46. The van der Waals surface area contributed by atoms with Crippen LogP contribution in [0, 0.1) is 38.5 Å². The number of hydrogen-bond donors (Lipinski definition) is 0. The molecule has 87 heavy (non-hydrogen) atoms. The highest BCUT2D eigenvalue weighted by atomic mass is 31.1. The van der Waals surface area contributed by atoms with Crippen molar-refractivity contribution in [3.63, 3.8) is 0 Å². The summed E-state index contributed by atoms with van der Waals surface area (Å²) < 4.78 is 347. The average molecular weight is 1290 g/mol. The number of halogens is 24. The summed E-state index contributed by atoms with van der Waals surface area (Å²) in [5, 5.41) is 3.04. The highest BCUT2D eigenvalue weighted by molar-refractivity contribution is 7.73. The second kappa shape index (κ2) is 23.5. The van der Waals surface area contributed by atoms with Gasteiger partial charge in [-0.15, -0.1) is 0 Å². The molecule has 0 N–H and O–H groups in total. The number of alkyl halides is 24. The summed E-state index contributed by atoms with van der Waals surface area (Å²) in [5.41, 5.74) is -24.6. The Hall–Kier alpha value is -6.40. The summed E-state index contributed by atoms with van der Waals surface area (Å²) in [6.07, 6.45) is -53.8. The lowest BCUT2D eigenvalue weighted by molar-refractivity contribution is -0.144. The molecule has 1 heterocycles. The summed E-state index contributed by atoms with van der Waals surface area (Å²) in [6.45, 7) is 21.1. The van der Waals surface area contributed by atoms with Crippen LogP contribution in [0.2, 0.25) is 0 Å². The van der Waals surface area contributed by atoms with Crippen molar-refractivity contribution in [2.24, 2.45) is 15.8 Å². The molecule has 0 radical (unpaired) electrons. The summed E-state index contributed by atoms with van der Waals surface area (Å²) in [5.74, 6) is 0.937. The molecule has 0 spiro atoms. The quantitative estimate of drug-likeness (QED) is 0.0803. The molecule has 0 bridgehead atoms. The van der Waals surface area contributed by atoms with Crippen molar-refractivity contribution < 1.29 is 110 Å². The first-order valence-corrected chi connectivity index (χ1v) is 27.2. The highest BCUT2D eigenvalue weighted by Crippen LogP contribution is 2.47. The number of aliphatic imine (C=N–C) groups is 1. The molecular weight excluding hydrogens is 1240 g/mol. The second-order valence-corrected chi connectivity index (χ2v) is 24.9. The van der Waals surface area contributed by atoms with Crippen molar-refractivity contribution in [3.05, 3.63) is 176 Å². The number of ether oxygens (including phenoxy) is 1. The van der Waals surface area contributed by atoms with Gasteiger partial charge in [0.05, 0.1) is 50.5 Å². The Morgan fingerprint density at radius 3 is 0.782 bits per heavy atom. The minimum absolute atomic E-state index is 0.116. The largest absolute Gasteiger partial charge is 0.478 e. The second-order valence-electron chi connectivity index (χ2n) is 22.8. The van der Waals surface area contributed by atoms with Crippen LogP contribution in [0.1, 0.15) is 101 Å². The van der Waals surface area contributed by atoms with Gasteiger partial charge in [0.1, 0.15) is 12.8 Å². The maximum atomic E-state index is 14.2. The van der Waals surface area contributed by atoms with Gasteiger partial charge in [-0.25, -0.2) is 4.99 Å². The van der Waals surface area contributed by atoms with Gasteiger partial charge in [0.25, 0.3) is 0 Å². The zero-order valence-electron chi connectivity index (χ0n) is 46.8. The minimum Gasteiger partial charge on any atom is -0.478 e. The van der Waals surface area contributed by atoms with Gasteiger partial charge in [0.15, 0.2) is 5.90 Å². The highest BCUT2D eigenvalue weighted by Gasteiger charge is 2.48. The molecule has 7 rings (SSSR count). The van der Waals surface area contributed by atoms with E-state index in [4.69, 9.17) is 9.73 Å². The molecule has 0 saturated carbocycles. The standard InChI is InChI=1S/C32H12BF24.C27H38NOP/c34-25(35,36)13-1-14(26(37,38)39)6-21(5-13)33(22-7-15(27(40,41)42)2-16(8-22)28(43,44)45,23-9-17(29(46,47)48)3-18(10-23)30(49,50)51)24-11-19(31(52,53)54)4-20(12-24)32(55,56)57;1-18-12-10-13-19(2)23(18)30(24-20(3)14-11-15-21(24)4)17-27(8,9)25-28-22(16-29-25)26(5,6)7/h1-12H;10-15,22H,16-17H2,1-9H3/q-1;/t;22-/m.1/s1. The Balaban J connectivity index is 0.000000337. The van der Waals surface area contributed by atoms with E-state index in [2.05, 4.69) is 98.7 Å². The van der Waals surface area contributed by atoms with Gasteiger partial charge in [-0.3, -0.25) is 0 Å². The Morgan fingerprint density at radius 1 is 0.379 bits per heavy atom. The number of benzene rings is 6. The van der Waals surface area contributed by atoms with E-state index in [0.717, 1.165) is 12.1 Å². The molecule has 0 saturated heterocycles. The van der Waals surface area contributed by atoms with Gasteiger partial charge in [-0.2, -0.15) is 127 Å². The SMILES string of the molecule is Cc1cccc(C)c1P(CC(C)(C)C1=N[C@@H](C(C)(C)C)CO1)c1c(C)cccc1C.FC(F)(F)c1cc([B-](c2cc(C(F)(F)F)cc(C(F)(F)F)c2)(c2cc(C(F)(F)F)cc(C(F)(F)F)c2)c2cc(C(F)(F)F)cc(C(F)(F)F)c2)cc(C(F)(F)F)c1. The third-order valence-corrected chi connectivity index (χ3v) is 18.2. The summed E-state index contributed by atoms with van der Waals surface area (Å²) in [6, 6.07) is 4.82. The Kier molecular flexibility index (Phi) is 18.8. The van der Waals surface area contributed by atoms with Crippen molar-refractivity contribution >= 4 is 52.4 Å². The molecule has 28 heteroatoms. The summed E-state index contributed by atoms with van der Waals surface area (Å²) in [4.78, 5) is 5.07. The van der Waals surface area contributed by atoms with Gasteiger partial charge in [-0.1, -0.05) is 120 Å². The first-order valence-electron chi connectivity index (χ1n) is 25.6. The van der Waals surface area contributed by atoms with E-state index in [1.54, 1.807) is 0 Å². The third kappa shape index (κ3) is 15.5. The van der Waals surface area contributed by atoms with E-state index in [0.29, 0.717) is 6.61 Å². The van der Waals surface area contributed by atoms with E-state index in [-0.39, 0.29) is 16.9 Å². The zero-order valence-corrected chi connectivity index (χ0v) is 47.7. The first-order chi connectivity index (χ1) is 39.2. The van der Waals surface area contributed by atoms with Crippen LogP contribution in [-0.4, -0.2) is 30.9 Å². The monoisotopic (exact) mass is 1290 g/mol. The van der Waals surface area contributed by atoms with E-state index in [1.165, 1.54) is 32.9 Å². The van der Waals surface area contributed by atoms with E-state index >= 15 is 0 Å². The first kappa shape index (κ1) is 69.7. The number of rotatable bonds is 9.